The molecule has 0 aliphatic carbocycles. The van der Waals surface area contributed by atoms with Crippen LogP contribution in [0.5, 0.6) is 0 Å². The molecule has 130 valence electrons. The van der Waals surface area contributed by atoms with Crippen LogP contribution in [0.25, 0.3) is 11.3 Å². The van der Waals surface area contributed by atoms with Gasteiger partial charge in [-0.25, -0.2) is 8.42 Å². The normalized spacial score (nSPS) is 11.7. The summed E-state index contributed by atoms with van der Waals surface area (Å²) in [5.74, 6) is 0. The van der Waals surface area contributed by atoms with Crippen molar-refractivity contribution in [2.24, 2.45) is 0 Å². The smallest absolute Gasteiger partial charge is 0.267 e. The summed E-state index contributed by atoms with van der Waals surface area (Å²) < 4.78 is 29.5. The molecule has 0 saturated heterocycles. The molecule has 0 bridgehead atoms. The molecule has 0 amide bonds. The zero-order valence-corrected chi connectivity index (χ0v) is 15.3. The summed E-state index contributed by atoms with van der Waals surface area (Å²) in [4.78, 5) is 0.207. The molecule has 0 spiro atoms. The standard InChI is InChI=1S/C19H21N3O2S/c1-15(2)22-14-18(19(20-22)16-10-6-4-7-11-16)25(23,24)21(3)17-12-8-5-9-13-17/h4-15H,1-3H3. The van der Waals surface area contributed by atoms with Gasteiger partial charge in [0.2, 0.25) is 0 Å². The lowest BCUT2D eigenvalue weighted by atomic mass is 10.2. The molecule has 6 heteroatoms. The van der Waals surface area contributed by atoms with Gasteiger partial charge in [0.05, 0.1) is 5.69 Å². The predicted octanol–water partition coefficient (Wildman–Crippen LogP) is 3.96. The van der Waals surface area contributed by atoms with E-state index in [2.05, 4.69) is 5.10 Å². The number of rotatable bonds is 5. The molecule has 3 rings (SSSR count). The molecular formula is C19H21N3O2S. The van der Waals surface area contributed by atoms with E-state index in [0.717, 1.165) is 5.56 Å². The number of sulfonamides is 1. The van der Waals surface area contributed by atoms with Crippen molar-refractivity contribution in [1.29, 1.82) is 0 Å². The van der Waals surface area contributed by atoms with Crippen LogP contribution >= 0.6 is 0 Å². The first-order chi connectivity index (χ1) is 11.9. The minimum Gasteiger partial charge on any atom is -0.269 e. The monoisotopic (exact) mass is 355 g/mol. The first-order valence-electron chi connectivity index (χ1n) is 8.10. The molecule has 0 N–H and O–H groups in total. The highest BCUT2D eigenvalue weighted by atomic mass is 32.2. The lowest BCUT2D eigenvalue weighted by Crippen LogP contribution is -2.26. The zero-order valence-electron chi connectivity index (χ0n) is 14.5. The Morgan fingerprint density at radius 3 is 2.08 bits per heavy atom. The summed E-state index contributed by atoms with van der Waals surface area (Å²) in [7, 11) is -2.17. The molecule has 0 saturated carbocycles. The number of anilines is 1. The fourth-order valence-electron chi connectivity index (χ4n) is 2.55. The Balaban J connectivity index is 2.15. The van der Waals surface area contributed by atoms with Crippen LogP contribution in [0.3, 0.4) is 0 Å². The highest BCUT2D eigenvalue weighted by Crippen LogP contribution is 2.30. The zero-order chi connectivity index (χ0) is 18.0. The Bertz CT molecular complexity index is 949. The van der Waals surface area contributed by atoms with Crippen molar-refractivity contribution in [3.63, 3.8) is 0 Å². The van der Waals surface area contributed by atoms with Gasteiger partial charge in [-0.1, -0.05) is 48.5 Å². The van der Waals surface area contributed by atoms with Gasteiger partial charge in [0, 0.05) is 24.8 Å². The van der Waals surface area contributed by atoms with Gasteiger partial charge in [-0.05, 0) is 26.0 Å². The Hall–Kier alpha value is -2.60. The highest BCUT2D eigenvalue weighted by molar-refractivity contribution is 7.93. The molecule has 1 heterocycles. The van der Waals surface area contributed by atoms with Gasteiger partial charge in [0.25, 0.3) is 10.0 Å². The van der Waals surface area contributed by atoms with E-state index >= 15 is 0 Å². The number of hydrogen-bond donors (Lipinski definition) is 0. The molecule has 0 unspecified atom stereocenters. The van der Waals surface area contributed by atoms with Gasteiger partial charge in [-0.2, -0.15) is 5.10 Å². The van der Waals surface area contributed by atoms with E-state index < -0.39 is 10.0 Å². The summed E-state index contributed by atoms with van der Waals surface area (Å²) in [6.07, 6.45) is 1.61. The molecule has 2 aromatic carbocycles. The highest BCUT2D eigenvalue weighted by Gasteiger charge is 2.28. The fraction of sp³-hybridized carbons (Fsp3) is 0.211. The molecule has 0 atom stereocenters. The molecular weight excluding hydrogens is 334 g/mol. The number of hydrogen-bond acceptors (Lipinski definition) is 3. The second-order valence-corrected chi connectivity index (χ2v) is 8.03. The average Bonchev–Trinajstić information content (AvgIpc) is 3.09. The van der Waals surface area contributed by atoms with E-state index in [1.54, 1.807) is 30.1 Å². The number of aromatic nitrogens is 2. The number of para-hydroxylation sites is 1. The van der Waals surface area contributed by atoms with Gasteiger partial charge in [-0.3, -0.25) is 8.99 Å². The third-order valence-electron chi connectivity index (χ3n) is 4.03. The first kappa shape index (κ1) is 17.2. The molecule has 0 aliphatic heterocycles. The van der Waals surface area contributed by atoms with Gasteiger partial charge < -0.3 is 0 Å². The molecule has 0 fully saturated rings. The molecule has 5 nitrogen and oxygen atoms in total. The van der Waals surface area contributed by atoms with E-state index in [1.165, 1.54) is 4.31 Å². The maximum atomic E-state index is 13.2. The molecule has 3 aromatic rings. The van der Waals surface area contributed by atoms with Crippen LogP contribution in [-0.2, 0) is 10.0 Å². The van der Waals surface area contributed by atoms with Gasteiger partial charge >= 0.3 is 0 Å². The largest absolute Gasteiger partial charge is 0.269 e. The van der Waals surface area contributed by atoms with E-state index in [9.17, 15) is 8.42 Å². The third kappa shape index (κ3) is 3.30. The molecule has 0 aliphatic rings. The summed E-state index contributed by atoms with van der Waals surface area (Å²) in [5.41, 5.74) is 1.86. The topological polar surface area (TPSA) is 55.2 Å². The lowest BCUT2D eigenvalue weighted by Gasteiger charge is -2.19. The van der Waals surface area contributed by atoms with Crippen molar-refractivity contribution < 1.29 is 8.42 Å². The van der Waals surface area contributed by atoms with Crippen LogP contribution in [0.2, 0.25) is 0 Å². The Kier molecular flexibility index (Phi) is 4.63. The molecule has 0 radical (unpaired) electrons. The van der Waals surface area contributed by atoms with Crippen LogP contribution in [0, 0.1) is 0 Å². The molecule has 1 aromatic heterocycles. The SMILES string of the molecule is CC(C)n1cc(S(=O)(=O)N(C)c2ccccc2)c(-c2ccccc2)n1. The van der Waals surface area contributed by atoms with Crippen molar-refractivity contribution in [2.45, 2.75) is 24.8 Å². The summed E-state index contributed by atoms with van der Waals surface area (Å²) >= 11 is 0. The van der Waals surface area contributed by atoms with E-state index in [-0.39, 0.29) is 10.9 Å². The quantitative estimate of drug-likeness (QED) is 0.696. The van der Waals surface area contributed by atoms with Crippen LogP contribution < -0.4 is 4.31 Å². The van der Waals surface area contributed by atoms with E-state index in [4.69, 9.17) is 0 Å². The van der Waals surface area contributed by atoms with Crippen molar-refractivity contribution in [3.8, 4) is 11.3 Å². The average molecular weight is 355 g/mol. The van der Waals surface area contributed by atoms with Crippen molar-refractivity contribution in [2.75, 3.05) is 11.4 Å². The second-order valence-electron chi connectivity index (χ2n) is 6.09. The number of benzene rings is 2. The summed E-state index contributed by atoms with van der Waals surface area (Å²) in [5, 5.41) is 4.53. The third-order valence-corrected chi connectivity index (χ3v) is 5.82. The first-order valence-corrected chi connectivity index (χ1v) is 9.54. The Labute approximate surface area is 148 Å². The predicted molar refractivity (Wildman–Crippen MR) is 100 cm³/mol. The van der Waals surface area contributed by atoms with Crippen molar-refractivity contribution >= 4 is 15.7 Å². The summed E-state index contributed by atoms with van der Waals surface area (Å²) in [6, 6.07) is 18.5. The van der Waals surface area contributed by atoms with Gasteiger partial charge in [0.15, 0.2) is 0 Å². The van der Waals surface area contributed by atoms with Crippen LogP contribution in [0.15, 0.2) is 71.8 Å². The minimum atomic E-state index is -3.73. The summed E-state index contributed by atoms with van der Waals surface area (Å²) in [6.45, 7) is 3.94. The van der Waals surface area contributed by atoms with Crippen molar-refractivity contribution in [1.82, 2.24) is 9.78 Å². The van der Waals surface area contributed by atoms with E-state index in [0.29, 0.717) is 11.4 Å². The van der Waals surface area contributed by atoms with Crippen LogP contribution in [-0.4, -0.2) is 25.2 Å². The van der Waals surface area contributed by atoms with E-state index in [1.807, 2.05) is 62.4 Å². The van der Waals surface area contributed by atoms with Crippen LogP contribution in [0.1, 0.15) is 19.9 Å². The maximum absolute atomic E-state index is 13.2. The Morgan fingerprint density at radius 2 is 1.52 bits per heavy atom. The van der Waals surface area contributed by atoms with Crippen LogP contribution in [0.4, 0.5) is 5.69 Å². The maximum Gasteiger partial charge on any atom is 0.267 e. The van der Waals surface area contributed by atoms with Gasteiger partial charge in [0.1, 0.15) is 10.6 Å². The van der Waals surface area contributed by atoms with Gasteiger partial charge in [-0.15, -0.1) is 0 Å². The fourth-order valence-corrected chi connectivity index (χ4v) is 3.89. The lowest BCUT2D eigenvalue weighted by molar-refractivity contribution is 0.532. The minimum absolute atomic E-state index is 0.0634. The second kappa shape index (κ2) is 6.72. The Morgan fingerprint density at radius 1 is 0.960 bits per heavy atom. The number of nitrogens with zero attached hydrogens (tertiary/aromatic N) is 3. The molecule has 25 heavy (non-hydrogen) atoms. The van der Waals surface area contributed by atoms with Crippen molar-refractivity contribution in [3.05, 3.63) is 66.9 Å².